The maximum absolute atomic E-state index is 5.31. The van der Waals surface area contributed by atoms with Crippen molar-refractivity contribution in [3.63, 3.8) is 0 Å². The van der Waals surface area contributed by atoms with Crippen LogP contribution in [0.2, 0.25) is 0 Å². The fourth-order valence-electron chi connectivity index (χ4n) is 0.672. The molecular formula is C6H12N2OS. The molecule has 1 atom stereocenters. The first kappa shape index (κ1) is 7.88. The molecule has 2 N–H and O–H groups in total. The summed E-state index contributed by atoms with van der Waals surface area (Å²) in [6, 6.07) is 0.334. The van der Waals surface area contributed by atoms with Crippen molar-refractivity contribution in [3.05, 3.63) is 0 Å². The van der Waals surface area contributed by atoms with Gasteiger partial charge in [0.1, 0.15) is 6.61 Å². The van der Waals surface area contributed by atoms with Gasteiger partial charge in [0, 0.05) is 12.3 Å². The molecule has 0 aliphatic carbocycles. The second-order valence-electron chi connectivity index (χ2n) is 2.19. The molecule has 0 aromatic heterocycles. The van der Waals surface area contributed by atoms with E-state index < -0.39 is 0 Å². The van der Waals surface area contributed by atoms with Crippen molar-refractivity contribution in [1.29, 1.82) is 0 Å². The fraction of sp³-hybridized carbons (Fsp3) is 0.833. The molecule has 0 fully saturated rings. The van der Waals surface area contributed by atoms with E-state index in [-0.39, 0.29) is 0 Å². The Balaban J connectivity index is 2.22. The van der Waals surface area contributed by atoms with E-state index in [2.05, 4.69) is 4.99 Å². The van der Waals surface area contributed by atoms with E-state index in [1.807, 2.05) is 6.92 Å². The van der Waals surface area contributed by atoms with Gasteiger partial charge in [-0.15, -0.1) is 0 Å². The third-order valence-electron chi connectivity index (χ3n) is 1.12. The molecule has 58 valence electrons. The molecule has 0 amide bonds. The van der Waals surface area contributed by atoms with E-state index in [1.165, 1.54) is 0 Å². The van der Waals surface area contributed by atoms with Crippen molar-refractivity contribution in [3.8, 4) is 0 Å². The van der Waals surface area contributed by atoms with Crippen LogP contribution < -0.4 is 5.73 Å². The number of thioether (sulfide) groups is 1. The first-order valence-electron chi connectivity index (χ1n) is 3.36. The molecule has 0 aromatic rings. The van der Waals surface area contributed by atoms with Crippen LogP contribution in [0.1, 0.15) is 6.92 Å². The first-order valence-corrected chi connectivity index (χ1v) is 4.35. The second-order valence-corrected chi connectivity index (χ2v) is 3.24. The molecule has 0 aromatic carbocycles. The van der Waals surface area contributed by atoms with E-state index in [9.17, 15) is 0 Å². The SMILES string of the molecule is CC1COC(SCCN)=N1. The number of ether oxygens (including phenoxy) is 1. The number of aliphatic imine (C=N–C) groups is 1. The Bertz CT molecular complexity index is 138. The average molecular weight is 160 g/mol. The molecule has 4 heteroatoms. The molecule has 1 heterocycles. The van der Waals surface area contributed by atoms with Crippen molar-refractivity contribution in [1.82, 2.24) is 0 Å². The zero-order valence-electron chi connectivity index (χ0n) is 6.04. The Labute approximate surface area is 65.0 Å². The Hall–Kier alpha value is -0.220. The lowest BCUT2D eigenvalue weighted by Gasteiger charge is -1.96. The zero-order valence-corrected chi connectivity index (χ0v) is 6.86. The maximum Gasteiger partial charge on any atom is 0.246 e. The summed E-state index contributed by atoms with van der Waals surface area (Å²) in [6.07, 6.45) is 0. The summed E-state index contributed by atoms with van der Waals surface area (Å²) in [4.78, 5) is 4.23. The molecule has 1 aliphatic heterocycles. The van der Waals surface area contributed by atoms with Crippen molar-refractivity contribution in [2.75, 3.05) is 18.9 Å². The fourth-order valence-corrected chi connectivity index (χ4v) is 1.37. The van der Waals surface area contributed by atoms with Gasteiger partial charge >= 0.3 is 0 Å². The maximum atomic E-state index is 5.31. The van der Waals surface area contributed by atoms with Crippen molar-refractivity contribution in [2.24, 2.45) is 10.7 Å². The molecule has 0 saturated carbocycles. The van der Waals surface area contributed by atoms with Gasteiger partial charge in [-0.3, -0.25) is 0 Å². The monoisotopic (exact) mass is 160 g/mol. The molecular weight excluding hydrogens is 148 g/mol. The summed E-state index contributed by atoms with van der Waals surface area (Å²) >= 11 is 1.59. The number of nitrogens with zero attached hydrogens (tertiary/aromatic N) is 1. The van der Waals surface area contributed by atoms with Crippen LogP contribution in [0.15, 0.2) is 4.99 Å². The van der Waals surface area contributed by atoms with E-state index in [0.29, 0.717) is 12.6 Å². The van der Waals surface area contributed by atoms with Gasteiger partial charge in [-0.2, -0.15) is 0 Å². The zero-order chi connectivity index (χ0) is 7.40. The standard InChI is InChI=1S/C6H12N2OS/c1-5-4-9-6(8-5)10-3-2-7/h5H,2-4,7H2,1H3. The Morgan fingerprint density at radius 2 is 2.70 bits per heavy atom. The summed E-state index contributed by atoms with van der Waals surface area (Å²) in [5, 5.41) is 0.804. The van der Waals surface area contributed by atoms with Crippen LogP contribution in [-0.4, -0.2) is 30.2 Å². The van der Waals surface area contributed by atoms with Gasteiger partial charge in [0.05, 0.1) is 6.04 Å². The number of hydrogen-bond donors (Lipinski definition) is 1. The van der Waals surface area contributed by atoms with Crippen LogP contribution >= 0.6 is 11.8 Å². The topological polar surface area (TPSA) is 47.6 Å². The third-order valence-corrected chi connectivity index (χ3v) is 2.03. The highest BCUT2D eigenvalue weighted by molar-refractivity contribution is 8.13. The van der Waals surface area contributed by atoms with Crippen molar-refractivity contribution in [2.45, 2.75) is 13.0 Å². The quantitative estimate of drug-likeness (QED) is 0.638. The predicted molar refractivity (Wildman–Crippen MR) is 44.4 cm³/mol. The van der Waals surface area contributed by atoms with E-state index in [0.717, 1.165) is 17.6 Å². The average Bonchev–Trinajstić information content (AvgIpc) is 2.31. The van der Waals surface area contributed by atoms with Gasteiger partial charge < -0.3 is 10.5 Å². The normalized spacial score (nSPS) is 24.2. The molecule has 0 bridgehead atoms. The Kier molecular flexibility index (Phi) is 3.02. The lowest BCUT2D eigenvalue weighted by Crippen LogP contribution is -2.04. The minimum Gasteiger partial charge on any atom is -0.471 e. The lowest BCUT2D eigenvalue weighted by molar-refractivity contribution is 0.331. The predicted octanol–water partition coefficient (Wildman–Crippen LogP) is 0.453. The summed E-state index contributed by atoms with van der Waals surface area (Å²) in [5.41, 5.74) is 5.31. The third kappa shape index (κ3) is 2.19. The van der Waals surface area contributed by atoms with Crippen LogP contribution in [0, 0.1) is 0 Å². The second kappa shape index (κ2) is 3.83. The van der Waals surface area contributed by atoms with Crippen LogP contribution in [-0.2, 0) is 4.74 Å². The lowest BCUT2D eigenvalue weighted by atomic mass is 10.4. The minimum atomic E-state index is 0.334. The Morgan fingerprint density at radius 3 is 3.20 bits per heavy atom. The highest BCUT2D eigenvalue weighted by Gasteiger charge is 2.13. The molecule has 10 heavy (non-hydrogen) atoms. The smallest absolute Gasteiger partial charge is 0.246 e. The first-order chi connectivity index (χ1) is 4.83. The molecule has 0 radical (unpaired) electrons. The largest absolute Gasteiger partial charge is 0.471 e. The summed E-state index contributed by atoms with van der Waals surface area (Å²) in [6.45, 7) is 3.45. The van der Waals surface area contributed by atoms with Gasteiger partial charge in [0.2, 0.25) is 5.23 Å². The summed E-state index contributed by atoms with van der Waals surface area (Å²) in [5.74, 6) is 0.894. The highest BCUT2D eigenvalue weighted by atomic mass is 32.2. The van der Waals surface area contributed by atoms with Crippen LogP contribution in [0.25, 0.3) is 0 Å². The van der Waals surface area contributed by atoms with Crippen LogP contribution in [0.3, 0.4) is 0 Å². The number of hydrogen-bond acceptors (Lipinski definition) is 4. The molecule has 1 aliphatic rings. The van der Waals surface area contributed by atoms with Gasteiger partial charge in [-0.1, -0.05) is 11.8 Å². The van der Waals surface area contributed by atoms with E-state index >= 15 is 0 Å². The number of rotatable bonds is 2. The van der Waals surface area contributed by atoms with Gasteiger partial charge in [0.25, 0.3) is 0 Å². The molecule has 3 nitrogen and oxygen atoms in total. The summed E-state index contributed by atoms with van der Waals surface area (Å²) in [7, 11) is 0. The molecule has 1 rings (SSSR count). The highest BCUT2D eigenvalue weighted by Crippen LogP contribution is 2.12. The summed E-state index contributed by atoms with van der Waals surface area (Å²) < 4.78 is 5.22. The minimum absolute atomic E-state index is 0.334. The van der Waals surface area contributed by atoms with Crippen LogP contribution in [0.5, 0.6) is 0 Å². The van der Waals surface area contributed by atoms with Gasteiger partial charge in [0.15, 0.2) is 0 Å². The van der Waals surface area contributed by atoms with E-state index in [1.54, 1.807) is 11.8 Å². The van der Waals surface area contributed by atoms with Gasteiger partial charge in [-0.05, 0) is 6.92 Å². The number of nitrogens with two attached hydrogens (primary N) is 1. The van der Waals surface area contributed by atoms with Gasteiger partial charge in [-0.25, -0.2) is 4.99 Å². The van der Waals surface area contributed by atoms with E-state index in [4.69, 9.17) is 10.5 Å². The van der Waals surface area contributed by atoms with Crippen molar-refractivity contribution < 1.29 is 4.74 Å². The van der Waals surface area contributed by atoms with Crippen molar-refractivity contribution >= 4 is 17.0 Å². The molecule has 0 saturated heterocycles. The Morgan fingerprint density at radius 1 is 1.90 bits per heavy atom. The van der Waals surface area contributed by atoms with Crippen LogP contribution in [0.4, 0.5) is 0 Å². The molecule has 1 unspecified atom stereocenters. The molecule has 0 spiro atoms.